The van der Waals surface area contributed by atoms with Crippen molar-refractivity contribution in [1.29, 1.82) is 4.78 Å². The van der Waals surface area contributed by atoms with Crippen molar-refractivity contribution < 1.29 is 13.7 Å². The lowest BCUT2D eigenvalue weighted by Crippen LogP contribution is -2.47. The zero-order valence-electron chi connectivity index (χ0n) is 14.5. The van der Waals surface area contributed by atoms with Crippen molar-refractivity contribution in [3.63, 3.8) is 0 Å². The predicted octanol–water partition coefficient (Wildman–Crippen LogP) is 1.69. The van der Waals surface area contributed by atoms with Gasteiger partial charge >= 0.3 is 0 Å². The Bertz CT molecular complexity index is 855. The highest BCUT2D eigenvalue weighted by atomic mass is 32.2. The van der Waals surface area contributed by atoms with Gasteiger partial charge in [-0.15, -0.1) is 0 Å². The molecule has 0 aliphatic carbocycles. The molecule has 0 amide bonds. The molecule has 1 N–H and O–H groups in total. The van der Waals surface area contributed by atoms with Crippen LogP contribution in [0.2, 0.25) is 0 Å². The van der Waals surface area contributed by atoms with E-state index in [1.54, 1.807) is 0 Å². The van der Waals surface area contributed by atoms with E-state index >= 15 is 0 Å². The van der Waals surface area contributed by atoms with Crippen LogP contribution in [0.15, 0.2) is 35.5 Å². The van der Waals surface area contributed by atoms with Gasteiger partial charge in [0.05, 0.1) is 15.5 Å². The highest BCUT2D eigenvalue weighted by Gasteiger charge is 2.24. The topological polar surface area (TPSA) is 91.6 Å². The quantitative estimate of drug-likeness (QED) is 0.786. The Morgan fingerprint density at radius 2 is 1.81 bits per heavy atom. The number of rotatable bonds is 4. The average molecular weight is 375 g/mol. The molecule has 1 saturated heterocycles. The minimum atomic E-state index is -2.14. The second-order valence-electron chi connectivity index (χ2n) is 6.35. The molecule has 1 aromatic carbocycles. The van der Waals surface area contributed by atoms with Crippen LogP contribution in [0.3, 0.4) is 0 Å². The summed E-state index contributed by atoms with van der Waals surface area (Å²) in [4.78, 5) is 13.4. The zero-order valence-corrected chi connectivity index (χ0v) is 15.4. The molecule has 2 aliphatic heterocycles. The van der Waals surface area contributed by atoms with Crippen LogP contribution >= 0.6 is 0 Å². The number of nitrogens with one attached hydrogen (secondary N) is 1. The molecule has 3 heterocycles. The van der Waals surface area contributed by atoms with E-state index in [2.05, 4.69) is 38.8 Å². The standard InChI is InChI=1S/C17H21N5O3S/c1-12(13-2-3-15-16(8-13)25-11-24-15)21-4-6-22(7-5-21)17-19-9-14(10-20-17)26(18)23/h2-3,8-10,12,18,26H,4-7,11H2,1H3/t12-/m0/s1. The number of hydrogen-bond donors (Lipinski definition) is 2. The molecule has 2 aromatic rings. The number of ether oxygens (including phenoxy) is 2. The first-order chi connectivity index (χ1) is 12.6. The Labute approximate surface area is 153 Å². The number of nitrogens with zero attached hydrogens (tertiary/aromatic N) is 4. The second-order valence-corrected chi connectivity index (χ2v) is 7.45. The number of benzene rings is 1. The molecular weight excluding hydrogens is 354 g/mol. The van der Waals surface area contributed by atoms with Crippen molar-refractivity contribution in [1.82, 2.24) is 14.9 Å². The van der Waals surface area contributed by atoms with E-state index in [0.717, 1.165) is 37.7 Å². The lowest BCUT2D eigenvalue weighted by Gasteiger charge is -2.38. The highest BCUT2D eigenvalue weighted by molar-refractivity contribution is 7.73. The van der Waals surface area contributed by atoms with Crippen LogP contribution in [0.4, 0.5) is 5.95 Å². The molecule has 1 unspecified atom stereocenters. The molecule has 0 spiro atoms. The van der Waals surface area contributed by atoms with Crippen LogP contribution in [0.1, 0.15) is 18.5 Å². The van der Waals surface area contributed by atoms with Crippen LogP contribution in [-0.2, 0) is 10.6 Å². The molecule has 0 saturated carbocycles. The minimum absolute atomic E-state index is 0.280. The van der Waals surface area contributed by atoms with Crippen molar-refractivity contribution in [3.05, 3.63) is 36.2 Å². The molecule has 1 fully saturated rings. The summed E-state index contributed by atoms with van der Waals surface area (Å²) >= 11 is 0. The van der Waals surface area contributed by atoms with Gasteiger partial charge in [0.25, 0.3) is 0 Å². The molecule has 1 aromatic heterocycles. The van der Waals surface area contributed by atoms with Crippen LogP contribution < -0.4 is 14.4 Å². The first-order valence-corrected chi connectivity index (χ1v) is 9.77. The van der Waals surface area contributed by atoms with Crippen molar-refractivity contribution in [3.8, 4) is 11.5 Å². The highest BCUT2D eigenvalue weighted by Crippen LogP contribution is 2.35. The lowest BCUT2D eigenvalue weighted by molar-refractivity contribution is 0.173. The van der Waals surface area contributed by atoms with E-state index in [9.17, 15) is 4.21 Å². The Kier molecular flexibility index (Phi) is 4.64. The Balaban J connectivity index is 1.40. The van der Waals surface area contributed by atoms with Gasteiger partial charge in [-0.3, -0.25) is 9.68 Å². The van der Waals surface area contributed by atoms with E-state index in [1.807, 2.05) is 6.07 Å². The van der Waals surface area contributed by atoms with Crippen molar-refractivity contribution in [2.45, 2.75) is 17.9 Å². The van der Waals surface area contributed by atoms with Gasteiger partial charge in [-0.05, 0) is 24.6 Å². The Morgan fingerprint density at radius 3 is 2.50 bits per heavy atom. The summed E-state index contributed by atoms with van der Waals surface area (Å²) in [6.45, 7) is 5.92. The van der Waals surface area contributed by atoms with E-state index in [-0.39, 0.29) is 6.04 Å². The maximum atomic E-state index is 11.2. The first-order valence-electron chi connectivity index (χ1n) is 8.51. The van der Waals surface area contributed by atoms with Gasteiger partial charge in [0.15, 0.2) is 11.5 Å². The summed E-state index contributed by atoms with van der Waals surface area (Å²) in [5, 5.41) is 0. The fourth-order valence-electron chi connectivity index (χ4n) is 3.28. The van der Waals surface area contributed by atoms with E-state index in [1.165, 1.54) is 18.0 Å². The fraction of sp³-hybridized carbons (Fsp3) is 0.412. The fourth-order valence-corrected chi connectivity index (χ4v) is 3.60. The van der Waals surface area contributed by atoms with Crippen LogP contribution in [0, 0.1) is 4.78 Å². The van der Waals surface area contributed by atoms with Crippen LogP contribution in [0.5, 0.6) is 11.5 Å². The summed E-state index contributed by atoms with van der Waals surface area (Å²) < 4.78 is 29.2. The third-order valence-corrected chi connectivity index (χ3v) is 5.58. The molecule has 138 valence electrons. The van der Waals surface area contributed by atoms with E-state index in [0.29, 0.717) is 17.6 Å². The molecule has 8 nitrogen and oxygen atoms in total. The molecule has 0 bridgehead atoms. The van der Waals surface area contributed by atoms with Crippen LogP contribution in [0.25, 0.3) is 0 Å². The van der Waals surface area contributed by atoms with Crippen molar-refractivity contribution in [2.24, 2.45) is 0 Å². The van der Waals surface area contributed by atoms with Gasteiger partial charge in [-0.2, -0.15) is 0 Å². The molecule has 0 radical (unpaired) electrons. The third kappa shape index (κ3) is 3.32. The smallest absolute Gasteiger partial charge is 0.231 e. The summed E-state index contributed by atoms with van der Waals surface area (Å²) in [6.07, 6.45) is 2.96. The average Bonchev–Trinajstić information content (AvgIpc) is 3.15. The molecule has 9 heteroatoms. The van der Waals surface area contributed by atoms with E-state index < -0.39 is 10.6 Å². The number of hydrogen-bond acceptors (Lipinski definition) is 8. The van der Waals surface area contributed by atoms with Crippen LogP contribution in [-0.4, -0.2) is 52.0 Å². The number of aromatic nitrogens is 2. The Morgan fingerprint density at radius 1 is 1.12 bits per heavy atom. The maximum Gasteiger partial charge on any atom is 0.231 e. The first kappa shape index (κ1) is 17.0. The third-order valence-electron chi connectivity index (χ3n) is 4.88. The molecule has 26 heavy (non-hydrogen) atoms. The predicted molar refractivity (Wildman–Crippen MR) is 97.3 cm³/mol. The van der Waals surface area contributed by atoms with Gasteiger partial charge in [-0.1, -0.05) is 6.07 Å². The summed E-state index contributed by atoms with van der Waals surface area (Å²) in [6, 6.07) is 6.40. The molecule has 2 aliphatic rings. The normalized spacial score (nSPS) is 19.3. The molecular formula is C17H21N5O3S. The maximum absolute atomic E-state index is 11.2. The SMILES string of the molecule is C[C@@H](c1ccc2c(c1)OCO2)N1CCN(c2ncc([SH](=N)=O)cn2)CC1. The van der Waals surface area contributed by atoms with Crippen molar-refractivity contribution in [2.75, 3.05) is 37.9 Å². The van der Waals surface area contributed by atoms with Gasteiger partial charge in [0.2, 0.25) is 12.7 Å². The van der Waals surface area contributed by atoms with Gasteiger partial charge in [-0.25, -0.2) is 14.2 Å². The summed E-state index contributed by atoms with van der Waals surface area (Å²) in [5.41, 5.74) is 1.21. The number of piperazine rings is 1. The monoisotopic (exact) mass is 375 g/mol. The number of anilines is 1. The number of fused-ring (bicyclic) bond motifs is 1. The van der Waals surface area contributed by atoms with Gasteiger partial charge in [0, 0.05) is 44.6 Å². The largest absolute Gasteiger partial charge is 0.454 e. The van der Waals surface area contributed by atoms with Gasteiger partial charge < -0.3 is 14.4 Å². The summed E-state index contributed by atoms with van der Waals surface area (Å²) in [5.74, 6) is 2.25. The molecule has 2 atom stereocenters. The second kappa shape index (κ2) is 7.08. The molecule has 4 rings (SSSR count). The minimum Gasteiger partial charge on any atom is -0.454 e. The van der Waals surface area contributed by atoms with Gasteiger partial charge in [0.1, 0.15) is 0 Å². The Hall–Kier alpha value is -2.39. The van der Waals surface area contributed by atoms with E-state index in [4.69, 9.17) is 14.3 Å². The van der Waals surface area contributed by atoms with Crippen molar-refractivity contribution >= 4 is 16.5 Å². The lowest BCUT2D eigenvalue weighted by atomic mass is 10.1. The summed E-state index contributed by atoms with van der Waals surface area (Å²) in [7, 11) is -2.14. The number of thiol groups is 1. The zero-order chi connectivity index (χ0) is 18.1.